The van der Waals surface area contributed by atoms with Gasteiger partial charge in [-0.2, -0.15) is 0 Å². The smallest absolute Gasteiger partial charge is 0.254 e. The summed E-state index contributed by atoms with van der Waals surface area (Å²) in [5, 5.41) is 4.32. The second-order valence-corrected chi connectivity index (χ2v) is 6.31. The number of hydrogen-bond donors (Lipinski definition) is 1. The Balaban J connectivity index is 1.71. The molecule has 0 aromatic rings. The van der Waals surface area contributed by atoms with Crippen LogP contribution in [0.2, 0.25) is 0 Å². The highest BCUT2D eigenvalue weighted by Gasteiger charge is 2.41. The van der Waals surface area contributed by atoms with Gasteiger partial charge in [0.1, 0.15) is 6.04 Å². The van der Waals surface area contributed by atoms with Crippen molar-refractivity contribution < 1.29 is 9.59 Å². The van der Waals surface area contributed by atoms with Crippen molar-refractivity contribution in [1.82, 2.24) is 10.2 Å². The van der Waals surface area contributed by atoms with Gasteiger partial charge in [0.15, 0.2) is 5.17 Å². The van der Waals surface area contributed by atoms with E-state index in [2.05, 4.69) is 10.3 Å². The molecule has 3 rings (SSSR count). The van der Waals surface area contributed by atoms with E-state index in [1.807, 2.05) is 0 Å². The van der Waals surface area contributed by atoms with Gasteiger partial charge in [-0.25, -0.2) is 4.99 Å². The zero-order valence-electron chi connectivity index (χ0n) is 10.4. The largest absolute Gasteiger partial charge is 0.359 e. The van der Waals surface area contributed by atoms with Crippen LogP contribution in [-0.2, 0) is 9.59 Å². The third kappa shape index (κ3) is 1.92. The molecular weight excluding hydrogens is 250 g/mol. The predicted molar refractivity (Wildman–Crippen MR) is 70.4 cm³/mol. The van der Waals surface area contributed by atoms with Gasteiger partial charge in [-0.05, 0) is 12.8 Å². The van der Waals surface area contributed by atoms with Gasteiger partial charge in [0, 0.05) is 18.3 Å². The van der Waals surface area contributed by atoms with Crippen LogP contribution in [-0.4, -0.2) is 46.3 Å². The van der Waals surface area contributed by atoms with Crippen LogP contribution in [0.15, 0.2) is 4.99 Å². The van der Waals surface area contributed by atoms with Crippen LogP contribution in [0, 0.1) is 0 Å². The van der Waals surface area contributed by atoms with Crippen LogP contribution in [0.3, 0.4) is 0 Å². The summed E-state index contributed by atoms with van der Waals surface area (Å²) in [4.78, 5) is 28.8. The van der Waals surface area contributed by atoms with Crippen molar-refractivity contribution in [3.05, 3.63) is 0 Å². The predicted octanol–water partition coefficient (Wildman–Crippen LogP) is 0.749. The number of amides is 2. The van der Waals surface area contributed by atoms with Crippen LogP contribution in [0.25, 0.3) is 0 Å². The Hall–Kier alpha value is -1.04. The van der Waals surface area contributed by atoms with E-state index in [9.17, 15) is 9.59 Å². The van der Waals surface area contributed by atoms with Crippen molar-refractivity contribution in [2.75, 3.05) is 12.8 Å². The minimum atomic E-state index is -0.506. The molecule has 2 aliphatic heterocycles. The highest BCUT2D eigenvalue weighted by Crippen LogP contribution is 2.37. The van der Waals surface area contributed by atoms with Gasteiger partial charge >= 0.3 is 0 Å². The molecule has 1 spiro atoms. The number of nitrogens with one attached hydrogen (secondary N) is 1. The van der Waals surface area contributed by atoms with Gasteiger partial charge in [-0.15, -0.1) is 0 Å². The lowest BCUT2D eigenvalue weighted by molar-refractivity contribution is -0.136. The van der Waals surface area contributed by atoms with Crippen LogP contribution in [0.4, 0.5) is 0 Å². The maximum Gasteiger partial charge on any atom is 0.254 e. The second-order valence-electron chi connectivity index (χ2n) is 5.35. The summed E-state index contributed by atoms with van der Waals surface area (Å²) in [6, 6.07) is -0.506. The Morgan fingerprint density at radius 3 is 2.72 bits per heavy atom. The molecule has 1 aliphatic carbocycles. The maximum absolute atomic E-state index is 11.8. The van der Waals surface area contributed by atoms with Crippen LogP contribution in [0.1, 0.15) is 32.1 Å². The molecule has 1 saturated carbocycles. The third-order valence-electron chi connectivity index (χ3n) is 4.05. The molecule has 6 heteroatoms. The van der Waals surface area contributed by atoms with E-state index >= 15 is 0 Å². The van der Waals surface area contributed by atoms with E-state index in [1.54, 1.807) is 11.8 Å². The lowest BCUT2D eigenvalue weighted by Gasteiger charge is -2.21. The molecule has 18 heavy (non-hydrogen) atoms. The quantitative estimate of drug-likeness (QED) is 0.712. The highest BCUT2D eigenvalue weighted by atomic mass is 32.2. The average molecular weight is 267 g/mol. The topological polar surface area (TPSA) is 61.8 Å². The zero-order valence-corrected chi connectivity index (χ0v) is 11.3. The van der Waals surface area contributed by atoms with E-state index < -0.39 is 6.04 Å². The number of nitrogens with zero attached hydrogens (tertiary/aromatic N) is 2. The number of aliphatic imine (C=N–C) groups is 1. The Morgan fingerprint density at radius 1 is 1.39 bits per heavy atom. The summed E-state index contributed by atoms with van der Waals surface area (Å²) in [6.45, 7) is 0. The van der Waals surface area contributed by atoms with E-state index in [0.717, 1.165) is 10.9 Å². The summed E-state index contributed by atoms with van der Waals surface area (Å²) in [6.07, 6.45) is 5.13. The number of likely N-dealkylation sites (N-methyl/N-ethyl adjacent to an activating group) is 1. The molecule has 2 amide bonds. The highest BCUT2D eigenvalue weighted by molar-refractivity contribution is 8.14. The van der Waals surface area contributed by atoms with Crippen LogP contribution < -0.4 is 5.32 Å². The van der Waals surface area contributed by atoms with Crippen molar-refractivity contribution in [2.24, 2.45) is 4.99 Å². The van der Waals surface area contributed by atoms with Crippen LogP contribution >= 0.6 is 11.8 Å². The minimum absolute atomic E-state index is 0.132. The molecule has 5 nitrogen and oxygen atoms in total. The average Bonchev–Trinajstić information content (AvgIpc) is 3.02. The summed E-state index contributed by atoms with van der Waals surface area (Å²) >= 11 is 1.69. The van der Waals surface area contributed by atoms with Crippen molar-refractivity contribution in [1.29, 1.82) is 0 Å². The number of rotatable bonds is 1. The number of amidine groups is 1. The summed E-state index contributed by atoms with van der Waals surface area (Å²) in [5.41, 5.74) is 0.209. The first-order valence-electron chi connectivity index (χ1n) is 6.39. The molecule has 0 radical (unpaired) electrons. The molecule has 2 heterocycles. The van der Waals surface area contributed by atoms with Gasteiger partial charge in [-0.1, -0.05) is 24.6 Å². The number of likely N-dealkylation sites (tertiary alicyclic amines) is 1. The Kier molecular flexibility index (Phi) is 2.84. The van der Waals surface area contributed by atoms with E-state index in [1.165, 1.54) is 37.6 Å². The molecule has 3 fully saturated rings. The van der Waals surface area contributed by atoms with E-state index in [4.69, 9.17) is 0 Å². The fourth-order valence-corrected chi connectivity index (χ4v) is 4.14. The number of carbonyl (C=O) groups excluding carboxylic acids is 2. The fraction of sp³-hybridized carbons (Fsp3) is 0.750. The van der Waals surface area contributed by atoms with Gasteiger partial charge < -0.3 is 5.32 Å². The Bertz CT molecular complexity index is 429. The lowest BCUT2D eigenvalue weighted by Crippen LogP contribution is -2.41. The zero-order chi connectivity index (χ0) is 12.8. The number of carbonyl (C=O) groups is 2. The molecule has 2 saturated heterocycles. The first kappa shape index (κ1) is 12.0. The fourth-order valence-electron chi connectivity index (χ4n) is 2.87. The molecular formula is C12H17N3O2S. The minimum Gasteiger partial charge on any atom is -0.359 e. The van der Waals surface area contributed by atoms with Gasteiger partial charge in [-0.3, -0.25) is 14.5 Å². The first-order chi connectivity index (χ1) is 8.60. The van der Waals surface area contributed by atoms with Gasteiger partial charge in [0.25, 0.3) is 5.91 Å². The number of imide groups is 1. The molecule has 1 unspecified atom stereocenters. The summed E-state index contributed by atoms with van der Waals surface area (Å²) < 4.78 is 0. The normalized spacial score (nSPS) is 32.8. The van der Waals surface area contributed by atoms with Crippen molar-refractivity contribution in [3.8, 4) is 0 Å². The first-order valence-corrected chi connectivity index (χ1v) is 7.37. The Labute approximate surface area is 110 Å². The van der Waals surface area contributed by atoms with E-state index in [0.29, 0.717) is 0 Å². The van der Waals surface area contributed by atoms with Crippen molar-refractivity contribution in [2.45, 2.75) is 43.7 Å². The summed E-state index contributed by atoms with van der Waals surface area (Å²) in [5.74, 6) is 0.728. The van der Waals surface area contributed by atoms with Gasteiger partial charge in [0.05, 0.1) is 6.42 Å². The van der Waals surface area contributed by atoms with E-state index in [-0.39, 0.29) is 23.8 Å². The molecule has 1 atom stereocenters. The van der Waals surface area contributed by atoms with Gasteiger partial charge in [0.2, 0.25) is 5.91 Å². The lowest BCUT2D eigenvalue weighted by atomic mass is 10.0. The van der Waals surface area contributed by atoms with Crippen LogP contribution in [0.5, 0.6) is 0 Å². The molecule has 0 aromatic heterocycles. The Morgan fingerprint density at radius 2 is 2.11 bits per heavy atom. The third-order valence-corrected chi connectivity index (χ3v) is 5.23. The number of thioether (sulfide) groups is 1. The second kappa shape index (κ2) is 4.26. The molecule has 1 N–H and O–H groups in total. The van der Waals surface area contributed by atoms with Crippen molar-refractivity contribution in [3.63, 3.8) is 0 Å². The maximum atomic E-state index is 11.8. The molecule has 0 aromatic carbocycles. The standard InChI is InChI=1S/C12H17N3O2S/c1-15-9(16)6-8(10(15)17)13-11-14-12(7-18-11)4-2-3-5-12/h8H,2-7H2,1H3,(H,13,14). The number of hydrogen-bond acceptors (Lipinski definition) is 4. The summed E-state index contributed by atoms with van der Waals surface area (Å²) in [7, 11) is 1.53. The molecule has 98 valence electrons. The SMILES string of the molecule is CN1C(=O)CC(N=C2NC3(CCCC3)CS2)C1=O. The molecule has 0 bridgehead atoms. The molecule has 3 aliphatic rings. The van der Waals surface area contributed by atoms with Crippen molar-refractivity contribution >= 4 is 28.7 Å². The monoisotopic (exact) mass is 267 g/mol.